The minimum Gasteiger partial charge on any atom is -0.326 e. The Morgan fingerprint density at radius 2 is 1.67 bits per heavy atom. The topological polar surface area (TPSA) is 105 Å². The largest absolute Gasteiger partial charge is 0.326 e. The predicted octanol–water partition coefficient (Wildman–Crippen LogP) is 1.59. The number of aromatic nitrogens is 1. The fourth-order valence-electron chi connectivity index (χ4n) is 1.91. The first kappa shape index (κ1) is 17.8. The zero-order chi connectivity index (χ0) is 17.6. The summed E-state index contributed by atoms with van der Waals surface area (Å²) in [6.45, 7) is 1.37. The lowest BCUT2D eigenvalue weighted by atomic mass is 10.2. The number of ketones is 1. The smallest absolute Gasteiger partial charge is 0.240 e. The van der Waals surface area contributed by atoms with Crippen LogP contribution in [0.4, 0.5) is 5.69 Å². The maximum Gasteiger partial charge on any atom is 0.240 e. The predicted molar refractivity (Wildman–Crippen MR) is 89.1 cm³/mol. The van der Waals surface area contributed by atoms with Gasteiger partial charge in [0.1, 0.15) is 0 Å². The van der Waals surface area contributed by atoms with E-state index in [1.807, 2.05) is 0 Å². The van der Waals surface area contributed by atoms with Crippen LogP contribution in [0.2, 0.25) is 0 Å². The van der Waals surface area contributed by atoms with Crippen LogP contribution in [0.25, 0.3) is 0 Å². The van der Waals surface area contributed by atoms with Gasteiger partial charge in [0.2, 0.25) is 15.9 Å². The van der Waals surface area contributed by atoms with Crippen LogP contribution in [0, 0.1) is 0 Å². The second kappa shape index (κ2) is 7.80. The summed E-state index contributed by atoms with van der Waals surface area (Å²) in [6.07, 6.45) is 3.08. The maximum atomic E-state index is 12.1. The van der Waals surface area contributed by atoms with Crippen molar-refractivity contribution in [2.24, 2.45) is 0 Å². The van der Waals surface area contributed by atoms with E-state index in [-0.39, 0.29) is 29.6 Å². The summed E-state index contributed by atoms with van der Waals surface area (Å²) in [6, 6.07) is 8.89. The number of benzene rings is 1. The molecule has 0 saturated heterocycles. The average Bonchev–Trinajstić information content (AvgIpc) is 2.55. The van der Waals surface area contributed by atoms with Crippen molar-refractivity contribution in [3.05, 3.63) is 54.4 Å². The molecule has 0 aliphatic rings. The Balaban J connectivity index is 1.88. The summed E-state index contributed by atoms with van der Waals surface area (Å²) >= 11 is 0. The van der Waals surface area contributed by atoms with E-state index in [4.69, 9.17) is 0 Å². The number of hydrogen-bond donors (Lipinski definition) is 2. The van der Waals surface area contributed by atoms with Crippen LogP contribution in [0.5, 0.6) is 0 Å². The van der Waals surface area contributed by atoms with Gasteiger partial charge in [0.15, 0.2) is 5.78 Å². The van der Waals surface area contributed by atoms with E-state index in [1.54, 1.807) is 24.5 Å². The Hall–Kier alpha value is -2.58. The molecule has 8 heteroatoms. The fraction of sp³-hybridized carbons (Fsp3) is 0.188. The highest BCUT2D eigenvalue weighted by Crippen LogP contribution is 2.11. The van der Waals surface area contributed by atoms with Gasteiger partial charge in [0.25, 0.3) is 0 Å². The van der Waals surface area contributed by atoms with E-state index in [1.165, 1.54) is 31.2 Å². The number of amides is 1. The fourth-order valence-corrected chi connectivity index (χ4v) is 2.94. The highest BCUT2D eigenvalue weighted by molar-refractivity contribution is 7.89. The van der Waals surface area contributed by atoms with Gasteiger partial charge < -0.3 is 5.32 Å². The van der Waals surface area contributed by atoms with Gasteiger partial charge in [-0.2, -0.15) is 0 Å². The molecule has 1 aromatic carbocycles. The molecular formula is C16H17N3O4S. The molecule has 0 fully saturated rings. The first-order chi connectivity index (χ1) is 11.4. The third-order valence-electron chi connectivity index (χ3n) is 3.18. The number of nitrogens with zero attached hydrogens (tertiary/aromatic N) is 1. The number of sulfonamides is 1. The summed E-state index contributed by atoms with van der Waals surface area (Å²) in [4.78, 5) is 26.8. The Morgan fingerprint density at radius 1 is 1.04 bits per heavy atom. The molecular weight excluding hydrogens is 330 g/mol. The number of pyridine rings is 1. The van der Waals surface area contributed by atoms with Crippen LogP contribution in [-0.2, 0) is 14.8 Å². The molecule has 0 spiro atoms. The van der Waals surface area contributed by atoms with Crippen molar-refractivity contribution in [2.75, 3.05) is 11.9 Å². The van der Waals surface area contributed by atoms with Gasteiger partial charge in [0.05, 0.1) is 4.90 Å². The standard InChI is InChI=1S/C16H17N3O4S/c1-12(20)13-2-4-15(5-3-13)24(22,23)18-11-8-16(21)19-14-6-9-17-10-7-14/h2-7,9-10,18H,8,11H2,1H3,(H,17,19,21). The van der Waals surface area contributed by atoms with Crippen LogP contribution in [0.1, 0.15) is 23.7 Å². The van der Waals surface area contributed by atoms with E-state index in [0.29, 0.717) is 11.3 Å². The molecule has 2 N–H and O–H groups in total. The lowest BCUT2D eigenvalue weighted by Crippen LogP contribution is -2.27. The normalized spacial score (nSPS) is 11.0. The van der Waals surface area contributed by atoms with Crippen molar-refractivity contribution >= 4 is 27.4 Å². The Morgan fingerprint density at radius 3 is 2.25 bits per heavy atom. The third kappa shape index (κ3) is 4.97. The Kier molecular flexibility index (Phi) is 5.78. The van der Waals surface area contributed by atoms with Gasteiger partial charge in [-0.05, 0) is 31.2 Å². The molecule has 1 amide bonds. The summed E-state index contributed by atoms with van der Waals surface area (Å²) in [5, 5.41) is 2.64. The van der Waals surface area contributed by atoms with Crippen molar-refractivity contribution in [1.82, 2.24) is 9.71 Å². The minimum atomic E-state index is -3.72. The molecule has 2 rings (SSSR count). The molecule has 0 saturated carbocycles. The first-order valence-electron chi connectivity index (χ1n) is 7.19. The molecule has 24 heavy (non-hydrogen) atoms. The van der Waals surface area contributed by atoms with Gasteiger partial charge in [0, 0.05) is 36.6 Å². The van der Waals surface area contributed by atoms with Crippen LogP contribution in [0.3, 0.4) is 0 Å². The van der Waals surface area contributed by atoms with Crippen LogP contribution in [0.15, 0.2) is 53.7 Å². The van der Waals surface area contributed by atoms with Crippen molar-refractivity contribution < 1.29 is 18.0 Å². The van der Waals surface area contributed by atoms with Crippen LogP contribution < -0.4 is 10.0 Å². The van der Waals surface area contributed by atoms with Crippen molar-refractivity contribution in [2.45, 2.75) is 18.2 Å². The van der Waals surface area contributed by atoms with Crippen molar-refractivity contribution in [3.8, 4) is 0 Å². The zero-order valence-corrected chi connectivity index (χ0v) is 13.8. The molecule has 2 aromatic rings. The minimum absolute atomic E-state index is 0.00686. The van der Waals surface area contributed by atoms with E-state index >= 15 is 0 Å². The van der Waals surface area contributed by atoms with Gasteiger partial charge in [-0.25, -0.2) is 13.1 Å². The molecule has 7 nitrogen and oxygen atoms in total. The Labute approximate surface area is 140 Å². The van der Waals surface area contributed by atoms with Crippen molar-refractivity contribution in [3.63, 3.8) is 0 Å². The number of anilines is 1. The highest BCUT2D eigenvalue weighted by Gasteiger charge is 2.14. The van der Waals surface area contributed by atoms with Gasteiger partial charge in [-0.1, -0.05) is 12.1 Å². The van der Waals surface area contributed by atoms with Crippen molar-refractivity contribution in [1.29, 1.82) is 0 Å². The van der Waals surface area contributed by atoms with Crippen LogP contribution >= 0.6 is 0 Å². The molecule has 0 atom stereocenters. The second-order valence-electron chi connectivity index (χ2n) is 5.01. The number of carbonyl (C=O) groups excluding carboxylic acids is 2. The number of Topliss-reactive ketones (excluding diaryl/α,β-unsaturated/α-hetero) is 1. The Bertz CT molecular complexity index is 818. The summed E-state index contributed by atoms with van der Waals surface area (Å²) in [7, 11) is -3.72. The number of carbonyl (C=O) groups is 2. The first-order valence-corrected chi connectivity index (χ1v) is 8.67. The molecule has 126 valence electrons. The van der Waals surface area contributed by atoms with Crippen LogP contribution in [-0.4, -0.2) is 31.6 Å². The molecule has 0 aliphatic carbocycles. The third-order valence-corrected chi connectivity index (χ3v) is 4.66. The van der Waals surface area contributed by atoms with Gasteiger partial charge >= 0.3 is 0 Å². The number of hydrogen-bond acceptors (Lipinski definition) is 5. The van der Waals surface area contributed by atoms with E-state index in [2.05, 4.69) is 15.0 Å². The lowest BCUT2D eigenvalue weighted by molar-refractivity contribution is -0.116. The van der Waals surface area contributed by atoms with E-state index in [0.717, 1.165) is 0 Å². The lowest BCUT2D eigenvalue weighted by Gasteiger charge is -2.08. The molecule has 1 heterocycles. The number of rotatable bonds is 7. The second-order valence-corrected chi connectivity index (χ2v) is 6.78. The zero-order valence-electron chi connectivity index (χ0n) is 13.0. The van der Waals surface area contributed by atoms with E-state index in [9.17, 15) is 18.0 Å². The monoisotopic (exact) mass is 347 g/mol. The molecule has 0 aliphatic heterocycles. The summed E-state index contributed by atoms with van der Waals surface area (Å²) < 4.78 is 26.6. The highest BCUT2D eigenvalue weighted by atomic mass is 32.2. The van der Waals surface area contributed by atoms with E-state index < -0.39 is 10.0 Å². The quantitative estimate of drug-likeness (QED) is 0.740. The molecule has 1 aromatic heterocycles. The molecule has 0 unspecified atom stereocenters. The molecule has 0 bridgehead atoms. The molecule has 0 radical (unpaired) electrons. The SMILES string of the molecule is CC(=O)c1ccc(S(=O)(=O)NCCC(=O)Nc2ccncc2)cc1. The number of nitrogens with one attached hydrogen (secondary N) is 2. The van der Waals surface area contributed by atoms with Gasteiger partial charge in [-0.3, -0.25) is 14.6 Å². The maximum absolute atomic E-state index is 12.1. The summed E-state index contributed by atoms with van der Waals surface area (Å²) in [5.74, 6) is -0.449. The van der Waals surface area contributed by atoms with Gasteiger partial charge in [-0.15, -0.1) is 0 Å². The summed E-state index contributed by atoms with van der Waals surface area (Å²) in [5.41, 5.74) is 1.03. The average molecular weight is 347 g/mol.